The first-order valence-electron chi connectivity index (χ1n) is 6.51. The highest BCUT2D eigenvalue weighted by Crippen LogP contribution is 2.18. The highest BCUT2D eigenvalue weighted by Gasteiger charge is 2.26. The first kappa shape index (κ1) is 16.7. The third kappa shape index (κ3) is 4.94. The topological polar surface area (TPSA) is 83.5 Å². The van der Waals surface area contributed by atoms with E-state index in [1.807, 2.05) is 13.0 Å². The van der Waals surface area contributed by atoms with E-state index in [1.54, 1.807) is 26.0 Å². The van der Waals surface area contributed by atoms with E-state index in [0.29, 0.717) is 0 Å². The molecule has 0 bridgehead atoms. The Kier molecular flexibility index (Phi) is 5.30. The Morgan fingerprint density at radius 1 is 1.35 bits per heavy atom. The van der Waals surface area contributed by atoms with Crippen molar-refractivity contribution in [2.75, 3.05) is 0 Å². The number of rotatable bonds is 7. The van der Waals surface area contributed by atoms with Gasteiger partial charge >= 0.3 is 5.97 Å². The number of benzene rings is 1. The van der Waals surface area contributed by atoms with Gasteiger partial charge in [-0.05, 0) is 44.4 Å². The minimum absolute atomic E-state index is 0.0788. The summed E-state index contributed by atoms with van der Waals surface area (Å²) in [4.78, 5) is 10.8. The molecule has 0 aliphatic rings. The summed E-state index contributed by atoms with van der Waals surface area (Å²) in [5, 5.41) is 8.68. The molecule has 0 fully saturated rings. The van der Waals surface area contributed by atoms with Crippen molar-refractivity contribution in [3.63, 3.8) is 0 Å². The van der Waals surface area contributed by atoms with Crippen molar-refractivity contribution in [3.8, 4) is 0 Å². The summed E-state index contributed by atoms with van der Waals surface area (Å²) in [6, 6.07) is 6.75. The van der Waals surface area contributed by atoms with E-state index < -0.39 is 21.5 Å². The van der Waals surface area contributed by atoms with Crippen LogP contribution in [0.5, 0.6) is 0 Å². The summed E-state index contributed by atoms with van der Waals surface area (Å²) < 4.78 is 27.2. The van der Waals surface area contributed by atoms with Gasteiger partial charge in [0.15, 0.2) is 0 Å². The first-order chi connectivity index (χ1) is 9.16. The maximum atomic E-state index is 12.3. The van der Waals surface area contributed by atoms with Crippen molar-refractivity contribution >= 4 is 16.0 Å². The molecule has 0 aliphatic carbocycles. The van der Waals surface area contributed by atoms with E-state index >= 15 is 0 Å². The van der Waals surface area contributed by atoms with E-state index in [4.69, 9.17) is 5.11 Å². The van der Waals surface area contributed by atoms with Gasteiger partial charge in [-0.3, -0.25) is 4.79 Å². The Labute approximate surface area is 120 Å². The molecule has 0 aromatic heterocycles. The van der Waals surface area contributed by atoms with Gasteiger partial charge in [0, 0.05) is 12.0 Å². The van der Waals surface area contributed by atoms with Crippen molar-refractivity contribution in [1.82, 2.24) is 4.72 Å². The van der Waals surface area contributed by atoms with Crippen LogP contribution in [0.4, 0.5) is 0 Å². The fourth-order valence-electron chi connectivity index (χ4n) is 1.83. The Morgan fingerprint density at radius 2 is 2.00 bits per heavy atom. The van der Waals surface area contributed by atoms with Crippen molar-refractivity contribution in [3.05, 3.63) is 29.8 Å². The van der Waals surface area contributed by atoms with Gasteiger partial charge in [0.2, 0.25) is 10.0 Å². The summed E-state index contributed by atoms with van der Waals surface area (Å²) in [7, 11) is -3.64. The predicted octanol–water partition coefficient (Wildman–Crippen LogP) is 2.17. The Balaban J connectivity index is 2.90. The predicted molar refractivity (Wildman–Crippen MR) is 77.1 cm³/mol. The highest BCUT2D eigenvalue weighted by atomic mass is 32.2. The van der Waals surface area contributed by atoms with Crippen LogP contribution in [0.3, 0.4) is 0 Å². The molecule has 0 heterocycles. The van der Waals surface area contributed by atoms with E-state index in [0.717, 1.165) is 12.0 Å². The average molecular weight is 299 g/mol. The molecule has 0 radical (unpaired) electrons. The highest BCUT2D eigenvalue weighted by molar-refractivity contribution is 7.89. The number of carboxylic acid groups (broad SMARTS) is 1. The Morgan fingerprint density at radius 3 is 2.55 bits per heavy atom. The van der Waals surface area contributed by atoms with Crippen LogP contribution in [-0.2, 0) is 21.2 Å². The second kappa shape index (κ2) is 6.37. The second-order valence-corrected chi connectivity index (χ2v) is 7.07. The van der Waals surface area contributed by atoms with Gasteiger partial charge in [-0.25, -0.2) is 13.1 Å². The number of sulfonamides is 1. The van der Waals surface area contributed by atoms with Crippen LogP contribution >= 0.6 is 0 Å². The maximum absolute atomic E-state index is 12.3. The molecule has 1 aromatic carbocycles. The molecule has 0 aliphatic heterocycles. The fourth-order valence-corrected chi connectivity index (χ4v) is 3.34. The number of carbonyl (C=O) groups is 1. The monoisotopic (exact) mass is 299 g/mol. The molecule has 0 unspecified atom stereocenters. The average Bonchev–Trinajstić information content (AvgIpc) is 2.35. The number of hydrogen-bond acceptors (Lipinski definition) is 3. The molecule has 0 amide bonds. The molecular formula is C14H21NO4S. The largest absolute Gasteiger partial charge is 0.481 e. The van der Waals surface area contributed by atoms with Crippen molar-refractivity contribution in [1.29, 1.82) is 0 Å². The van der Waals surface area contributed by atoms with Crippen LogP contribution in [0.25, 0.3) is 0 Å². The van der Waals surface area contributed by atoms with Crippen LogP contribution in [0.2, 0.25) is 0 Å². The summed E-state index contributed by atoms with van der Waals surface area (Å²) in [6.45, 7) is 5.31. The van der Waals surface area contributed by atoms with Crippen molar-refractivity contribution in [2.24, 2.45) is 0 Å². The van der Waals surface area contributed by atoms with Gasteiger partial charge in [0.25, 0.3) is 0 Å². The van der Waals surface area contributed by atoms with E-state index in [-0.39, 0.29) is 17.7 Å². The molecule has 20 heavy (non-hydrogen) atoms. The van der Waals surface area contributed by atoms with Crippen LogP contribution in [-0.4, -0.2) is 25.0 Å². The molecule has 2 N–H and O–H groups in total. The van der Waals surface area contributed by atoms with Gasteiger partial charge in [-0.15, -0.1) is 0 Å². The molecule has 0 saturated carbocycles. The van der Waals surface area contributed by atoms with E-state index in [9.17, 15) is 13.2 Å². The van der Waals surface area contributed by atoms with Gasteiger partial charge < -0.3 is 5.11 Å². The number of nitrogens with one attached hydrogen (secondary N) is 1. The molecule has 6 heteroatoms. The molecule has 1 aromatic rings. The normalized spacial score (nSPS) is 12.3. The smallest absolute Gasteiger partial charge is 0.303 e. The van der Waals surface area contributed by atoms with Crippen molar-refractivity contribution < 1.29 is 18.3 Å². The zero-order chi connectivity index (χ0) is 15.4. The summed E-state index contributed by atoms with van der Waals surface area (Å²) >= 11 is 0. The zero-order valence-electron chi connectivity index (χ0n) is 12.0. The minimum atomic E-state index is -3.64. The number of aliphatic carboxylic acids is 1. The standard InChI is InChI=1S/C14H21NO4S/c1-4-11-6-5-7-12(10-11)20(18,19)15-14(2,3)9-8-13(16)17/h5-7,10,15H,4,8-9H2,1-3H3,(H,16,17). The molecular weight excluding hydrogens is 278 g/mol. The first-order valence-corrected chi connectivity index (χ1v) is 7.99. The van der Waals surface area contributed by atoms with E-state index in [1.165, 1.54) is 6.07 Å². The summed E-state index contributed by atoms with van der Waals surface area (Å²) in [5.41, 5.74) is 0.135. The van der Waals surface area contributed by atoms with Gasteiger partial charge in [0.05, 0.1) is 4.90 Å². The van der Waals surface area contributed by atoms with Crippen LogP contribution < -0.4 is 4.72 Å². The lowest BCUT2D eigenvalue weighted by molar-refractivity contribution is -0.137. The zero-order valence-corrected chi connectivity index (χ0v) is 12.8. The molecule has 0 atom stereocenters. The quantitative estimate of drug-likeness (QED) is 0.808. The third-order valence-electron chi connectivity index (χ3n) is 2.99. The SMILES string of the molecule is CCc1cccc(S(=O)(=O)NC(C)(C)CCC(=O)O)c1. The van der Waals surface area contributed by atoms with Gasteiger partial charge in [-0.2, -0.15) is 0 Å². The molecule has 5 nitrogen and oxygen atoms in total. The molecule has 112 valence electrons. The molecule has 0 spiro atoms. The molecule has 0 saturated heterocycles. The second-order valence-electron chi connectivity index (χ2n) is 5.38. The number of aryl methyl sites for hydroxylation is 1. The van der Waals surface area contributed by atoms with Crippen LogP contribution in [0.15, 0.2) is 29.2 Å². The third-order valence-corrected chi connectivity index (χ3v) is 4.69. The lowest BCUT2D eigenvalue weighted by atomic mass is 10.0. The van der Waals surface area contributed by atoms with E-state index in [2.05, 4.69) is 4.72 Å². The number of hydrogen-bond donors (Lipinski definition) is 2. The minimum Gasteiger partial charge on any atom is -0.481 e. The lowest BCUT2D eigenvalue weighted by Crippen LogP contribution is -2.43. The lowest BCUT2D eigenvalue weighted by Gasteiger charge is -2.25. The Bertz CT molecular complexity index is 579. The maximum Gasteiger partial charge on any atom is 0.303 e. The molecule has 1 rings (SSSR count). The Hall–Kier alpha value is -1.40. The summed E-state index contributed by atoms with van der Waals surface area (Å²) in [6.07, 6.45) is 0.908. The summed E-state index contributed by atoms with van der Waals surface area (Å²) in [5.74, 6) is -0.940. The van der Waals surface area contributed by atoms with Crippen LogP contribution in [0.1, 0.15) is 39.2 Å². The fraction of sp³-hybridized carbons (Fsp3) is 0.500. The van der Waals surface area contributed by atoms with Crippen molar-refractivity contribution in [2.45, 2.75) is 50.5 Å². The van der Waals surface area contributed by atoms with Gasteiger partial charge in [-0.1, -0.05) is 19.1 Å². The number of carboxylic acids is 1. The van der Waals surface area contributed by atoms with Crippen LogP contribution in [0, 0.1) is 0 Å². The van der Waals surface area contributed by atoms with Gasteiger partial charge in [0.1, 0.15) is 0 Å².